The Morgan fingerprint density at radius 1 is 0.966 bits per heavy atom. The Morgan fingerprint density at radius 3 is 2.45 bits per heavy atom. The normalized spacial score (nSPS) is 15.7. The van der Waals surface area contributed by atoms with E-state index in [-0.39, 0.29) is 5.56 Å². The zero-order valence-corrected chi connectivity index (χ0v) is 17.2. The molecule has 6 nitrogen and oxygen atoms in total. The summed E-state index contributed by atoms with van der Waals surface area (Å²) in [6.45, 7) is 10.5. The zero-order chi connectivity index (χ0) is 20.2. The molecule has 0 bridgehead atoms. The smallest absolute Gasteiger partial charge is 0.258 e. The molecule has 1 saturated heterocycles. The van der Waals surface area contributed by atoms with Gasteiger partial charge in [-0.3, -0.25) is 19.0 Å². The second-order valence-electron chi connectivity index (χ2n) is 7.80. The molecule has 29 heavy (non-hydrogen) atoms. The number of rotatable bonds is 6. The third-order valence-corrected chi connectivity index (χ3v) is 5.35. The van der Waals surface area contributed by atoms with Crippen LogP contribution < -0.4 is 10.3 Å². The molecule has 0 aliphatic carbocycles. The van der Waals surface area contributed by atoms with Crippen LogP contribution in [0.1, 0.15) is 16.8 Å². The highest BCUT2D eigenvalue weighted by molar-refractivity contribution is 5.38. The molecule has 1 fully saturated rings. The van der Waals surface area contributed by atoms with Crippen molar-refractivity contribution in [3.05, 3.63) is 75.8 Å². The Kier molecular flexibility index (Phi) is 5.92. The van der Waals surface area contributed by atoms with Crippen molar-refractivity contribution in [2.24, 2.45) is 0 Å². The first-order chi connectivity index (χ1) is 14.1. The van der Waals surface area contributed by atoms with E-state index in [2.05, 4.69) is 46.8 Å². The zero-order valence-electron chi connectivity index (χ0n) is 17.2. The fourth-order valence-electron chi connectivity index (χ4n) is 3.89. The first kappa shape index (κ1) is 19.6. The van der Waals surface area contributed by atoms with Gasteiger partial charge in [-0.25, -0.2) is 4.98 Å². The standard InChI is InChI=1S/C23H28N4O2/c1-18-13-19(2)15-21(14-18)29-12-11-25-7-9-26(10-8-25)17-20-16-23(28)27-6-4-3-5-22(27)24-20/h3-6,13-16H,7-12,17H2,1-2H3. The van der Waals surface area contributed by atoms with E-state index >= 15 is 0 Å². The van der Waals surface area contributed by atoms with Crippen LogP contribution in [0, 0.1) is 13.8 Å². The van der Waals surface area contributed by atoms with Crippen LogP contribution in [0.15, 0.2) is 53.5 Å². The van der Waals surface area contributed by atoms with Gasteiger partial charge >= 0.3 is 0 Å². The number of hydrogen-bond donors (Lipinski definition) is 0. The molecule has 1 aliphatic heterocycles. The van der Waals surface area contributed by atoms with Gasteiger partial charge in [0.05, 0.1) is 5.69 Å². The molecule has 0 saturated carbocycles. The fourth-order valence-corrected chi connectivity index (χ4v) is 3.89. The van der Waals surface area contributed by atoms with E-state index in [0.29, 0.717) is 18.8 Å². The van der Waals surface area contributed by atoms with E-state index in [1.165, 1.54) is 11.1 Å². The van der Waals surface area contributed by atoms with Crippen LogP contribution in [-0.4, -0.2) is 58.5 Å². The van der Waals surface area contributed by atoms with E-state index in [9.17, 15) is 4.79 Å². The second-order valence-corrected chi connectivity index (χ2v) is 7.80. The van der Waals surface area contributed by atoms with Gasteiger partial charge in [-0.1, -0.05) is 12.1 Å². The van der Waals surface area contributed by atoms with E-state index < -0.39 is 0 Å². The molecule has 4 rings (SSSR count). The summed E-state index contributed by atoms with van der Waals surface area (Å²) in [5, 5.41) is 0. The fraction of sp³-hybridized carbons (Fsp3) is 0.391. The van der Waals surface area contributed by atoms with Crippen LogP contribution in [0.2, 0.25) is 0 Å². The number of hydrogen-bond acceptors (Lipinski definition) is 5. The third-order valence-electron chi connectivity index (χ3n) is 5.35. The Morgan fingerprint density at radius 2 is 1.69 bits per heavy atom. The molecule has 6 heteroatoms. The number of fused-ring (bicyclic) bond motifs is 1. The van der Waals surface area contributed by atoms with E-state index in [0.717, 1.165) is 44.2 Å². The van der Waals surface area contributed by atoms with Crippen molar-refractivity contribution in [1.29, 1.82) is 0 Å². The van der Waals surface area contributed by atoms with Crippen molar-refractivity contribution in [1.82, 2.24) is 19.2 Å². The van der Waals surface area contributed by atoms with Crippen LogP contribution in [0.25, 0.3) is 5.65 Å². The van der Waals surface area contributed by atoms with Gasteiger partial charge in [0.1, 0.15) is 18.0 Å². The molecule has 0 atom stereocenters. The van der Waals surface area contributed by atoms with Crippen LogP contribution in [0.4, 0.5) is 0 Å². The molecule has 3 aromatic rings. The maximum absolute atomic E-state index is 12.3. The number of piperazine rings is 1. The highest BCUT2D eigenvalue weighted by atomic mass is 16.5. The Hall–Kier alpha value is -2.70. The van der Waals surface area contributed by atoms with Crippen molar-refractivity contribution in [3.8, 4) is 5.75 Å². The Bertz CT molecular complexity index is 1020. The van der Waals surface area contributed by atoms with Crippen molar-refractivity contribution in [2.45, 2.75) is 20.4 Å². The van der Waals surface area contributed by atoms with Gasteiger partial charge in [0.2, 0.25) is 0 Å². The predicted molar refractivity (Wildman–Crippen MR) is 115 cm³/mol. The molecular formula is C23H28N4O2. The minimum Gasteiger partial charge on any atom is -0.492 e. The summed E-state index contributed by atoms with van der Waals surface area (Å²) >= 11 is 0. The van der Waals surface area contributed by atoms with Gasteiger partial charge in [-0.05, 0) is 49.2 Å². The second kappa shape index (κ2) is 8.76. The number of pyridine rings is 1. The summed E-state index contributed by atoms with van der Waals surface area (Å²) in [6.07, 6.45) is 1.76. The molecule has 1 aromatic carbocycles. The van der Waals surface area contributed by atoms with Crippen molar-refractivity contribution >= 4 is 5.65 Å². The summed E-state index contributed by atoms with van der Waals surface area (Å²) in [6, 6.07) is 13.6. The van der Waals surface area contributed by atoms with Crippen LogP contribution in [-0.2, 0) is 6.54 Å². The lowest BCUT2D eigenvalue weighted by atomic mass is 10.1. The predicted octanol–water partition coefficient (Wildman–Crippen LogP) is 2.51. The molecule has 1 aliphatic rings. The first-order valence-electron chi connectivity index (χ1n) is 10.2. The highest BCUT2D eigenvalue weighted by Gasteiger charge is 2.17. The van der Waals surface area contributed by atoms with Gasteiger partial charge in [-0.15, -0.1) is 0 Å². The summed E-state index contributed by atoms with van der Waals surface area (Å²) in [4.78, 5) is 21.7. The molecule has 152 valence electrons. The van der Waals surface area contributed by atoms with Crippen LogP contribution in [0.5, 0.6) is 5.75 Å². The molecule has 0 amide bonds. The lowest BCUT2D eigenvalue weighted by Gasteiger charge is -2.34. The SMILES string of the molecule is Cc1cc(C)cc(OCCN2CCN(Cc3cc(=O)n4ccccc4n3)CC2)c1. The first-order valence-corrected chi connectivity index (χ1v) is 10.2. The number of ether oxygens (including phenoxy) is 1. The highest BCUT2D eigenvalue weighted by Crippen LogP contribution is 2.16. The van der Waals surface area contributed by atoms with Gasteiger partial charge in [0.15, 0.2) is 0 Å². The summed E-state index contributed by atoms with van der Waals surface area (Å²) < 4.78 is 7.53. The summed E-state index contributed by atoms with van der Waals surface area (Å²) in [5.41, 5.74) is 3.99. The van der Waals surface area contributed by atoms with Gasteiger partial charge in [-0.2, -0.15) is 0 Å². The van der Waals surface area contributed by atoms with Crippen molar-refractivity contribution < 1.29 is 4.74 Å². The topological polar surface area (TPSA) is 50.1 Å². The quantitative estimate of drug-likeness (QED) is 0.645. The van der Waals surface area contributed by atoms with Crippen molar-refractivity contribution in [3.63, 3.8) is 0 Å². The minimum absolute atomic E-state index is 0.0206. The number of aryl methyl sites for hydroxylation is 2. The largest absolute Gasteiger partial charge is 0.492 e. The lowest BCUT2D eigenvalue weighted by molar-refractivity contribution is 0.111. The number of benzene rings is 1. The molecule has 0 unspecified atom stereocenters. The number of nitrogens with zero attached hydrogens (tertiary/aromatic N) is 4. The van der Waals surface area contributed by atoms with Gasteiger partial charge < -0.3 is 4.74 Å². The Labute approximate surface area is 171 Å². The van der Waals surface area contributed by atoms with E-state index in [1.54, 1.807) is 16.7 Å². The third kappa shape index (κ3) is 5.02. The monoisotopic (exact) mass is 392 g/mol. The van der Waals surface area contributed by atoms with Crippen LogP contribution in [0.3, 0.4) is 0 Å². The maximum atomic E-state index is 12.3. The molecule has 0 radical (unpaired) electrons. The maximum Gasteiger partial charge on any atom is 0.258 e. The molecule has 2 aromatic heterocycles. The van der Waals surface area contributed by atoms with Crippen molar-refractivity contribution in [2.75, 3.05) is 39.3 Å². The minimum atomic E-state index is -0.0206. The molecule has 0 spiro atoms. The van der Waals surface area contributed by atoms with Gasteiger partial charge in [0.25, 0.3) is 5.56 Å². The number of aromatic nitrogens is 2. The average Bonchev–Trinajstić information content (AvgIpc) is 2.69. The summed E-state index contributed by atoms with van der Waals surface area (Å²) in [5.74, 6) is 0.954. The molecular weight excluding hydrogens is 364 g/mol. The Balaban J connectivity index is 1.26. The average molecular weight is 393 g/mol. The molecule has 3 heterocycles. The lowest BCUT2D eigenvalue weighted by Crippen LogP contribution is -2.47. The summed E-state index contributed by atoms with van der Waals surface area (Å²) in [7, 11) is 0. The van der Waals surface area contributed by atoms with Gasteiger partial charge in [0, 0.05) is 51.5 Å². The molecule has 0 N–H and O–H groups in total. The van der Waals surface area contributed by atoms with E-state index in [1.807, 2.05) is 18.2 Å². The van der Waals surface area contributed by atoms with E-state index in [4.69, 9.17) is 4.74 Å². The van der Waals surface area contributed by atoms with Crippen LogP contribution >= 0.6 is 0 Å².